The van der Waals surface area contributed by atoms with E-state index in [1.807, 2.05) is 31.2 Å². The fourth-order valence-corrected chi connectivity index (χ4v) is 2.79. The Balaban J connectivity index is 2.23. The van der Waals surface area contributed by atoms with Crippen LogP contribution in [-0.2, 0) is 11.8 Å². The molecule has 0 aliphatic heterocycles. The minimum Gasteiger partial charge on any atom is -0.294 e. The van der Waals surface area contributed by atoms with Gasteiger partial charge in [-0.2, -0.15) is 0 Å². The number of rotatable bonds is 3. The number of carbonyl (C=O) groups is 1. The van der Waals surface area contributed by atoms with Crippen molar-refractivity contribution in [2.75, 3.05) is 0 Å². The third-order valence-corrected chi connectivity index (χ3v) is 4.66. The van der Waals surface area contributed by atoms with Crippen molar-refractivity contribution in [1.29, 1.82) is 0 Å². The lowest BCUT2D eigenvalue weighted by Gasteiger charge is -2.19. The summed E-state index contributed by atoms with van der Waals surface area (Å²) in [7, 11) is 0. The van der Waals surface area contributed by atoms with Crippen molar-refractivity contribution in [3.63, 3.8) is 0 Å². The first kappa shape index (κ1) is 16.9. The van der Waals surface area contributed by atoms with Crippen molar-refractivity contribution in [3.8, 4) is 0 Å². The molecule has 116 valence electrons. The van der Waals surface area contributed by atoms with Crippen LogP contribution in [0.25, 0.3) is 0 Å². The fraction of sp³-hybridized carbons (Fsp3) is 0.316. The van der Waals surface area contributed by atoms with Gasteiger partial charge in [0.25, 0.3) is 0 Å². The van der Waals surface area contributed by atoms with Crippen LogP contribution in [0.2, 0.25) is 0 Å². The fourth-order valence-electron chi connectivity index (χ4n) is 2.31. The zero-order chi connectivity index (χ0) is 16.5. The van der Waals surface area contributed by atoms with Crippen molar-refractivity contribution < 1.29 is 9.18 Å². The number of Topliss-reactive ketones (excluding diaryl/α,β-unsaturated/α-hetero) is 1. The molecule has 0 saturated heterocycles. The summed E-state index contributed by atoms with van der Waals surface area (Å²) in [5, 5.41) is 0. The van der Waals surface area contributed by atoms with E-state index in [9.17, 15) is 9.18 Å². The number of hydrogen-bond donors (Lipinski definition) is 0. The van der Waals surface area contributed by atoms with Gasteiger partial charge in [0.15, 0.2) is 5.78 Å². The molecule has 0 fully saturated rings. The summed E-state index contributed by atoms with van der Waals surface area (Å²) in [6, 6.07) is 10.5. The first-order valence-corrected chi connectivity index (χ1v) is 8.06. The zero-order valence-corrected chi connectivity index (χ0v) is 14.9. The maximum atomic E-state index is 13.5. The van der Waals surface area contributed by atoms with Crippen LogP contribution in [0.3, 0.4) is 0 Å². The van der Waals surface area contributed by atoms with Gasteiger partial charge in [0.1, 0.15) is 5.82 Å². The van der Waals surface area contributed by atoms with Gasteiger partial charge in [-0.3, -0.25) is 4.79 Å². The molecule has 3 heteroatoms. The van der Waals surface area contributed by atoms with Crippen LogP contribution in [0.5, 0.6) is 0 Å². The monoisotopic (exact) mass is 362 g/mol. The second-order valence-corrected chi connectivity index (χ2v) is 7.45. The Bertz CT molecular complexity index is 697. The lowest BCUT2D eigenvalue weighted by Crippen LogP contribution is -2.12. The maximum absolute atomic E-state index is 13.5. The summed E-state index contributed by atoms with van der Waals surface area (Å²) >= 11 is 3.32. The van der Waals surface area contributed by atoms with Crippen LogP contribution in [0, 0.1) is 12.7 Å². The van der Waals surface area contributed by atoms with Crippen LogP contribution in [-0.4, -0.2) is 5.78 Å². The molecular formula is C19H20BrFO. The van der Waals surface area contributed by atoms with Gasteiger partial charge in [0, 0.05) is 16.5 Å². The molecule has 0 bridgehead atoms. The van der Waals surface area contributed by atoms with Crippen LogP contribution < -0.4 is 0 Å². The van der Waals surface area contributed by atoms with Gasteiger partial charge in [0.05, 0.1) is 0 Å². The molecule has 2 aromatic rings. The molecule has 0 spiro atoms. The van der Waals surface area contributed by atoms with Crippen molar-refractivity contribution in [3.05, 3.63) is 68.9 Å². The molecular weight excluding hydrogens is 343 g/mol. The molecule has 0 saturated carbocycles. The number of hydrogen-bond acceptors (Lipinski definition) is 1. The molecule has 2 rings (SSSR count). The second-order valence-electron chi connectivity index (χ2n) is 6.60. The van der Waals surface area contributed by atoms with Gasteiger partial charge >= 0.3 is 0 Å². The third kappa shape index (κ3) is 3.83. The lowest BCUT2D eigenvalue weighted by molar-refractivity contribution is 0.0992. The second kappa shape index (κ2) is 6.33. The summed E-state index contributed by atoms with van der Waals surface area (Å²) in [6.07, 6.45) is 0.205. The van der Waals surface area contributed by atoms with Gasteiger partial charge in [-0.1, -0.05) is 61.0 Å². The van der Waals surface area contributed by atoms with Crippen molar-refractivity contribution in [2.24, 2.45) is 0 Å². The van der Waals surface area contributed by atoms with Gasteiger partial charge in [-0.15, -0.1) is 0 Å². The number of halogens is 2. The molecule has 0 atom stereocenters. The number of benzene rings is 2. The Morgan fingerprint density at radius 2 is 1.73 bits per heavy atom. The van der Waals surface area contributed by atoms with E-state index in [-0.39, 0.29) is 23.4 Å². The normalized spacial score (nSPS) is 11.5. The van der Waals surface area contributed by atoms with E-state index in [2.05, 4.69) is 36.7 Å². The molecule has 0 radical (unpaired) electrons. The molecule has 2 aromatic carbocycles. The maximum Gasteiger partial charge on any atom is 0.167 e. The minimum atomic E-state index is -0.330. The van der Waals surface area contributed by atoms with Crippen LogP contribution >= 0.6 is 15.9 Å². The summed E-state index contributed by atoms with van der Waals surface area (Å²) < 4.78 is 14.2. The molecule has 0 unspecified atom stereocenters. The predicted molar refractivity (Wildman–Crippen MR) is 92.0 cm³/mol. The molecule has 0 aliphatic rings. The highest BCUT2D eigenvalue weighted by Gasteiger charge is 2.15. The Morgan fingerprint density at radius 1 is 1.14 bits per heavy atom. The highest BCUT2D eigenvalue weighted by atomic mass is 79.9. The minimum absolute atomic E-state index is 0.000981. The van der Waals surface area contributed by atoms with Crippen molar-refractivity contribution in [1.82, 2.24) is 0 Å². The Labute approximate surface area is 139 Å². The standard InChI is InChI=1S/C19H20BrFO/c1-12-14(9-16(21)11-17(12)20)10-18(22)13-5-7-15(8-6-13)19(2,3)4/h5-9,11H,10H2,1-4H3. The SMILES string of the molecule is Cc1c(Br)cc(F)cc1CC(=O)c1ccc(C(C)(C)C)cc1. The smallest absolute Gasteiger partial charge is 0.167 e. The summed E-state index contributed by atoms with van der Waals surface area (Å²) in [6.45, 7) is 8.29. The van der Waals surface area contributed by atoms with Gasteiger partial charge in [0.2, 0.25) is 0 Å². The van der Waals surface area contributed by atoms with E-state index in [4.69, 9.17) is 0 Å². The average molecular weight is 363 g/mol. The third-order valence-electron chi connectivity index (χ3n) is 3.84. The first-order valence-electron chi connectivity index (χ1n) is 7.27. The zero-order valence-electron chi connectivity index (χ0n) is 13.3. The Hall–Kier alpha value is -1.48. The van der Waals surface area contributed by atoms with Crippen molar-refractivity contribution >= 4 is 21.7 Å². The first-order chi connectivity index (χ1) is 10.2. The van der Waals surface area contributed by atoms with E-state index in [1.165, 1.54) is 17.7 Å². The molecule has 0 heterocycles. The van der Waals surface area contributed by atoms with Crippen LogP contribution in [0.1, 0.15) is 47.8 Å². The topological polar surface area (TPSA) is 17.1 Å². The molecule has 0 aliphatic carbocycles. The summed E-state index contributed by atoms with van der Waals surface area (Å²) in [5.74, 6) is -0.329. The van der Waals surface area contributed by atoms with Crippen LogP contribution in [0.15, 0.2) is 40.9 Å². The molecule has 0 N–H and O–H groups in total. The molecule has 22 heavy (non-hydrogen) atoms. The van der Waals surface area contributed by atoms with E-state index in [0.29, 0.717) is 10.0 Å². The molecule has 1 nitrogen and oxygen atoms in total. The summed E-state index contributed by atoms with van der Waals surface area (Å²) in [4.78, 5) is 12.4. The molecule has 0 amide bonds. The quantitative estimate of drug-likeness (QED) is 0.647. The van der Waals surface area contributed by atoms with Gasteiger partial charge in [-0.25, -0.2) is 4.39 Å². The van der Waals surface area contributed by atoms with Gasteiger partial charge in [-0.05, 0) is 41.2 Å². The average Bonchev–Trinajstić information content (AvgIpc) is 2.43. The van der Waals surface area contributed by atoms with Crippen molar-refractivity contribution in [2.45, 2.75) is 39.5 Å². The Kier molecular flexibility index (Phi) is 4.86. The number of ketones is 1. The number of carbonyl (C=O) groups excluding carboxylic acids is 1. The van der Waals surface area contributed by atoms with E-state index < -0.39 is 0 Å². The van der Waals surface area contributed by atoms with E-state index in [0.717, 1.165) is 11.1 Å². The van der Waals surface area contributed by atoms with Gasteiger partial charge < -0.3 is 0 Å². The molecule has 0 aromatic heterocycles. The predicted octanol–water partition coefficient (Wildman–Crippen LogP) is 5.62. The van der Waals surface area contributed by atoms with E-state index >= 15 is 0 Å². The lowest BCUT2D eigenvalue weighted by atomic mass is 9.86. The largest absolute Gasteiger partial charge is 0.294 e. The summed E-state index contributed by atoms with van der Waals surface area (Å²) in [5.41, 5.74) is 3.53. The Morgan fingerprint density at radius 3 is 2.27 bits per heavy atom. The highest BCUT2D eigenvalue weighted by Crippen LogP contribution is 2.25. The van der Waals surface area contributed by atoms with Crippen LogP contribution in [0.4, 0.5) is 4.39 Å². The highest BCUT2D eigenvalue weighted by molar-refractivity contribution is 9.10. The van der Waals surface area contributed by atoms with E-state index in [1.54, 1.807) is 0 Å².